The van der Waals surface area contributed by atoms with Gasteiger partial charge in [-0.05, 0) is 37.0 Å². The monoisotopic (exact) mass is 342 g/mol. The molecule has 1 saturated carbocycles. The summed E-state index contributed by atoms with van der Waals surface area (Å²) >= 11 is 5.57. The highest BCUT2D eigenvalue weighted by molar-refractivity contribution is 9.10. The smallest absolute Gasteiger partial charge is 0.0341 e. The Morgan fingerprint density at radius 1 is 1.21 bits per heavy atom. The summed E-state index contributed by atoms with van der Waals surface area (Å²) in [6, 6.07) is 8.89. The van der Waals surface area contributed by atoms with Crippen molar-refractivity contribution in [2.24, 2.45) is 5.84 Å². The van der Waals surface area contributed by atoms with E-state index in [2.05, 4.69) is 57.4 Å². The molecule has 0 heterocycles. The third kappa shape index (κ3) is 5.46. The molecule has 2 rings (SSSR count). The van der Waals surface area contributed by atoms with Gasteiger partial charge in [-0.15, -0.1) is 0 Å². The van der Waals surface area contributed by atoms with Crippen molar-refractivity contribution < 1.29 is 0 Å². The van der Waals surface area contributed by atoms with Gasteiger partial charge in [0.05, 0.1) is 0 Å². The van der Waals surface area contributed by atoms with Gasteiger partial charge in [-0.2, -0.15) is 11.8 Å². The van der Waals surface area contributed by atoms with Crippen LogP contribution in [0.4, 0.5) is 0 Å². The van der Waals surface area contributed by atoms with E-state index in [4.69, 9.17) is 5.84 Å². The van der Waals surface area contributed by atoms with Crippen LogP contribution in [-0.4, -0.2) is 17.0 Å². The van der Waals surface area contributed by atoms with Gasteiger partial charge in [0.25, 0.3) is 0 Å². The summed E-state index contributed by atoms with van der Waals surface area (Å²) in [5.41, 5.74) is 4.32. The van der Waals surface area contributed by atoms with Crippen molar-refractivity contribution in [3.8, 4) is 0 Å². The van der Waals surface area contributed by atoms with Crippen molar-refractivity contribution in [1.82, 2.24) is 5.43 Å². The zero-order chi connectivity index (χ0) is 13.5. The molecule has 19 heavy (non-hydrogen) atoms. The molecule has 1 aliphatic carbocycles. The lowest BCUT2D eigenvalue weighted by atomic mass is 10.0. The second-order valence-electron chi connectivity index (χ2n) is 5.29. The van der Waals surface area contributed by atoms with Crippen LogP contribution >= 0.6 is 27.7 Å². The molecule has 2 nitrogen and oxygen atoms in total. The molecule has 1 aliphatic rings. The second-order valence-corrected chi connectivity index (χ2v) is 7.54. The largest absolute Gasteiger partial charge is 0.271 e. The van der Waals surface area contributed by atoms with Gasteiger partial charge in [-0.1, -0.05) is 47.3 Å². The van der Waals surface area contributed by atoms with Gasteiger partial charge in [0, 0.05) is 21.5 Å². The van der Waals surface area contributed by atoms with Gasteiger partial charge < -0.3 is 0 Å². The third-order valence-electron chi connectivity index (χ3n) is 3.72. The van der Waals surface area contributed by atoms with Crippen LogP contribution in [0.15, 0.2) is 28.7 Å². The van der Waals surface area contributed by atoms with Crippen molar-refractivity contribution >= 4 is 27.7 Å². The number of benzene rings is 1. The Labute approximate surface area is 129 Å². The van der Waals surface area contributed by atoms with Crippen molar-refractivity contribution in [2.75, 3.05) is 5.75 Å². The average Bonchev–Trinajstić information content (AvgIpc) is 2.46. The first-order valence-corrected chi connectivity index (χ1v) is 8.94. The van der Waals surface area contributed by atoms with Crippen molar-refractivity contribution in [3.05, 3.63) is 34.3 Å². The maximum atomic E-state index is 5.69. The van der Waals surface area contributed by atoms with Crippen LogP contribution in [0.1, 0.15) is 37.7 Å². The van der Waals surface area contributed by atoms with Gasteiger partial charge in [0.15, 0.2) is 0 Å². The van der Waals surface area contributed by atoms with E-state index in [0.717, 1.165) is 21.9 Å². The normalized spacial score (nSPS) is 18.4. The number of rotatable bonds is 6. The molecule has 1 unspecified atom stereocenters. The molecule has 4 heteroatoms. The Hall–Kier alpha value is -0.0300. The van der Waals surface area contributed by atoms with E-state index >= 15 is 0 Å². The van der Waals surface area contributed by atoms with Crippen LogP contribution in [0, 0.1) is 0 Å². The van der Waals surface area contributed by atoms with Crippen LogP contribution in [-0.2, 0) is 6.42 Å². The van der Waals surface area contributed by atoms with Crippen LogP contribution in [0.25, 0.3) is 0 Å². The van der Waals surface area contributed by atoms with Gasteiger partial charge in [-0.3, -0.25) is 11.3 Å². The number of hydrazine groups is 1. The lowest BCUT2D eigenvalue weighted by Crippen LogP contribution is -2.39. The summed E-state index contributed by atoms with van der Waals surface area (Å²) in [7, 11) is 0. The topological polar surface area (TPSA) is 38.0 Å². The van der Waals surface area contributed by atoms with E-state index in [1.807, 2.05) is 0 Å². The molecular formula is C15H23BrN2S. The summed E-state index contributed by atoms with van der Waals surface area (Å²) in [4.78, 5) is 0. The Balaban J connectivity index is 1.77. The highest BCUT2D eigenvalue weighted by atomic mass is 79.9. The molecule has 1 atom stereocenters. The number of hydrogen-bond donors (Lipinski definition) is 2. The first-order chi connectivity index (χ1) is 9.28. The van der Waals surface area contributed by atoms with Gasteiger partial charge >= 0.3 is 0 Å². The summed E-state index contributed by atoms with van der Waals surface area (Å²) in [6.45, 7) is 0. The fraction of sp³-hybridized carbons (Fsp3) is 0.600. The molecule has 0 bridgehead atoms. The van der Waals surface area contributed by atoms with E-state index in [1.165, 1.54) is 37.7 Å². The summed E-state index contributed by atoms with van der Waals surface area (Å²) in [6.07, 6.45) is 8.02. The van der Waals surface area contributed by atoms with E-state index in [0.29, 0.717) is 6.04 Å². The molecule has 3 N–H and O–H groups in total. The molecule has 0 radical (unpaired) electrons. The number of hydrogen-bond acceptors (Lipinski definition) is 3. The number of nitrogens with two attached hydrogens (primary N) is 1. The lowest BCUT2D eigenvalue weighted by molar-refractivity contribution is 0.513. The zero-order valence-corrected chi connectivity index (χ0v) is 13.7. The first kappa shape index (κ1) is 15.4. The minimum atomic E-state index is 0.369. The highest BCUT2D eigenvalue weighted by Crippen LogP contribution is 2.28. The Bertz CT molecular complexity index is 363. The zero-order valence-electron chi connectivity index (χ0n) is 11.3. The van der Waals surface area contributed by atoms with Crippen molar-refractivity contribution in [1.29, 1.82) is 0 Å². The second kappa shape index (κ2) is 8.30. The molecule has 1 fully saturated rings. The van der Waals surface area contributed by atoms with Crippen LogP contribution in [0.5, 0.6) is 0 Å². The van der Waals surface area contributed by atoms with Gasteiger partial charge in [0.1, 0.15) is 0 Å². The minimum Gasteiger partial charge on any atom is -0.271 e. The Morgan fingerprint density at radius 2 is 1.89 bits per heavy atom. The van der Waals surface area contributed by atoms with Crippen LogP contribution < -0.4 is 11.3 Å². The van der Waals surface area contributed by atoms with E-state index in [9.17, 15) is 0 Å². The summed E-state index contributed by atoms with van der Waals surface area (Å²) in [5.74, 6) is 6.80. The molecule has 0 aromatic heterocycles. The molecule has 1 aromatic carbocycles. The average molecular weight is 343 g/mol. The summed E-state index contributed by atoms with van der Waals surface area (Å²) in [5, 5.41) is 0.856. The lowest BCUT2D eigenvalue weighted by Gasteiger charge is -2.23. The highest BCUT2D eigenvalue weighted by Gasteiger charge is 2.16. The fourth-order valence-electron chi connectivity index (χ4n) is 2.56. The van der Waals surface area contributed by atoms with E-state index in [-0.39, 0.29) is 0 Å². The SMILES string of the molecule is NNC(CSC1CCCCC1)Cc1ccc(Br)cc1. The van der Waals surface area contributed by atoms with Gasteiger partial charge in [-0.25, -0.2) is 0 Å². The molecular weight excluding hydrogens is 320 g/mol. The number of thioether (sulfide) groups is 1. The molecule has 1 aromatic rings. The van der Waals surface area contributed by atoms with Crippen molar-refractivity contribution in [2.45, 2.75) is 49.8 Å². The van der Waals surface area contributed by atoms with Crippen LogP contribution in [0.2, 0.25) is 0 Å². The maximum Gasteiger partial charge on any atom is 0.0341 e. The molecule has 0 saturated heterocycles. The summed E-state index contributed by atoms with van der Waals surface area (Å²) < 4.78 is 1.13. The first-order valence-electron chi connectivity index (χ1n) is 7.10. The molecule has 0 spiro atoms. The van der Waals surface area contributed by atoms with E-state index < -0.39 is 0 Å². The molecule has 106 valence electrons. The Kier molecular flexibility index (Phi) is 6.71. The molecule has 0 aliphatic heterocycles. The fourth-order valence-corrected chi connectivity index (χ4v) is 4.20. The van der Waals surface area contributed by atoms with Crippen molar-refractivity contribution in [3.63, 3.8) is 0 Å². The standard InChI is InChI=1S/C15H23BrN2S/c16-13-8-6-12(7-9-13)10-14(18-17)11-19-15-4-2-1-3-5-15/h6-9,14-15,18H,1-5,10-11,17H2. The quantitative estimate of drug-likeness (QED) is 0.608. The maximum absolute atomic E-state index is 5.69. The predicted molar refractivity (Wildman–Crippen MR) is 88.3 cm³/mol. The minimum absolute atomic E-state index is 0.369. The number of halogens is 1. The van der Waals surface area contributed by atoms with Gasteiger partial charge in [0.2, 0.25) is 0 Å². The predicted octanol–water partition coefficient (Wildman–Crippen LogP) is 3.89. The third-order valence-corrected chi connectivity index (χ3v) is 5.78. The number of nitrogens with one attached hydrogen (secondary N) is 1. The molecule has 0 amide bonds. The van der Waals surface area contributed by atoms with E-state index in [1.54, 1.807) is 0 Å². The Morgan fingerprint density at radius 3 is 2.53 bits per heavy atom. The van der Waals surface area contributed by atoms with Crippen LogP contribution in [0.3, 0.4) is 0 Å².